The van der Waals surface area contributed by atoms with E-state index in [4.69, 9.17) is 0 Å². The molecule has 18 heavy (non-hydrogen) atoms. The fourth-order valence-electron chi connectivity index (χ4n) is 2.60. The smallest absolute Gasteiger partial charge is 0.0331 e. The fourth-order valence-corrected chi connectivity index (χ4v) is 3.55. The summed E-state index contributed by atoms with van der Waals surface area (Å²) in [6.45, 7) is 11.6. The van der Waals surface area contributed by atoms with Crippen LogP contribution in [0.4, 0.5) is 0 Å². The molecule has 1 aromatic rings. The zero-order chi connectivity index (χ0) is 13.0. The molecule has 0 radical (unpaired) electrons. The van der Waals surface area contributed by atoms with Crippen LogP contribution in [-0.4, -0.2) is 30.6 Å². The maximum atomic E-state index is 3.72. The average Bonchev–Trinajstić information content (AvgIpc) is 2.65. The molecule has 3 heteroatoms. The molecule has 2 unspecified atom stereocenters. The third-order valence-corrected chi connectivity index (χ3v) is 5.19. The third-order valence-electron chi connectivity index (χ3n) is 4.18. The van der Waals surface area contributed by atoms with Crippen molar-refractivity contribution in [3.63, 3.8) is 0 Å². The summed E-state index contributed by atoms with van der Waals surface area (Å²) in [5.41, 5.74) is 1.46. The van der Waals surface area contributed by atoms with Gasteiger partial charge in [-0.2, -0.15) is 0 Å². The van der Waals surface area contributed by atoms with Gasteiger partial charge in [0, 0.05) is 24.0 Å². The molecule has 0 saturated carbocycles. The first-order chi connectivity index (χ1) is 8.70. The summed E-state index contributed by atoms with van der Waals surface area (Å²) in [5, 5.41) is 5.93. The molecule has 1 N–H and O–H groups in total. The van der Waals surface area contributed by atoms with E-state index < -0.39 is 0 Å². The SMILES string of the molecule is CCC(C)C1CN(Cc2sccc2C)CCCN1. The minimum atomic E-state index is 0.665. The molecular weight excluding hydrogens is 240 g/mol. The number of nitrogens with zero attached hydrogens (tertiary/aromatic N) is 1. The van der Waals surface area contributed by atoms with Gasteiger partial charge in [-0.15, -0.1) is 11.3 Å². The van der Waals surface area contributed by atoms with E-state index in [9.17, 15) is 0 Å². The lowest BCUT2D eigenvalue weighted by Crippen LogP contribution is -2.41. The maximum Gasteiger partial charge on any atom is 0.0331 e. The van der Waals surface area contributed by atoms with E-state index in [1.54, 1.807) is 4.88 Å². The van der Waals surface area contributed by atoms with Crippen LogP contribution in [0.1, 0.15) is 37.1 Å². The van der Waals surface area contributed by atoms with Crippen molar-refractivity contribution in [3.8, 4) is 0 Å². The molecule has 0 amide bonds. The highest BCUT2D eigenvalue weighted by atomic mass is 32.1. The Labute approximate surface area is 115 Å². The van der Waals surface area contributed by atoms with Gasteiger partial charge in [0.1, 0.15) is 0 Å². The number of hydrogen-bond donors (Lipinski definition) is 1. The monoisotopic (exact) mass is 266 g/mol. The van der Waals surface area contributed by atoms with Crippen molar-refractivity contribution < 1.29 is 0 Å². The topological polar surface area (TPSA) is 15.3 Å². The van der Waals surface area contributed by atoms with Crippen molar-refractivity contribution in [2.75, 3.05) is 19.6 Å². The van der Waals surface area contributed by atoms with E-state index in [1.165, 1.54) is 38.0 Å². The summed E-state index contributed by atoms with van der Waals surface area (Å²) < 4.78 is 0. The maximum absolute atomic E-state index is 3.72. The number of nitrogens with one attached hydrogen (secondary N) is 1. The number of aryl methyl sites for hydroxylation is 1. The predicted octanol–water partition coefficient (Wildman–Crippen LogP) is 3.27. The summed E-state index contributed by atoms with van der Waals surface area (Å²) in [6.07, 6.45) is 2.54. The number of thiophene rings is 1. The van der Waals surface area contributed by atoms with E-state index in [1.807, 2.05) is 11.3 Å². The molecule has 1 aliphatic rings. The lowest BCUT2D eigenvalue weighted by atomic mass is 9.99. The van der Waals surface area contributed by atoms with Crippen LogP contribution in [0.5, 0.6) is 0 Å². The first-order valence-corrected chi connectivity index (χ1v) is 8.07. The van der Waals surface area contributed by atoms with Gasteiger partial charge in [0.25, 0.3) is 0 Å². The van der Waals surface area contributed by atoms with Crippen LogP contribution in [0.15, 0.2) is 11.4 Å². The Kier molecular flexibility index (Phi) is 5.22. The van der Waals surface area contributed by atoms with E-state index in [0.29, 0.717) is 6.04 Å². The van der Waals surface area contributed by atoms with Gasteiger partial charge in [-0.3, -0.25) is 4.90 Å². The summed E-state index contributed by atoms with van der Waals surface area (Å²) in [6, 6.07) is 2.90. The Morgan fingerprint density at radius 3 is 3.06 bits per heavy atom. The highest BCUT2D eigenvalue weighted by Gasteiger charge is 2.22. The van der Waals surface area contributed by atoms with Gasteiger partial charge in [0.2, 0.25) is 0 Å². The summed E-state index contributed by atoms with van der Waals surface area (Å²) in [7, 11) is 0. The van der Waals surface area contributed by atoms with Crippen LogP contribution in [-0.2, 0) is 6.54 Å². The molecule has 1 saturated heterocycles. The Morgan fingerprint density at radius 2 is 2.39 bits per heavy atom. The van der Waals surface area contributed by atoms with Gasteiger partial charge >= 0.3 is 0 Å². The Balaban J connectivity index is 1.97. The van der Waals surface area contributed by atoms with Crippen molar-refractivity contribution >= 4 is 11.3 Å². The molecule has 1 aromatic heterocycles. The quantitative estimate of drug-likeness (QED) is 0.900. The molecule has 1 aliphatic heterocycles. The Morgan fingerprint density at radius 1 is 1.56 bits per heavy atom. The average molecular weight is 266 g/mol. The molecule has 2 heterocycles. The standard InChI is InChI=1S/C15H26N2S/c1-4-12(2)14-10-17(8-5-7-16-14)11-15-13(3)6-9-18-15/h6,9,12,14,16H,4-5,7-8,10-11H2,1-3H3. The lowest BCUT2D eigenvalue weighted by Gasteiger charge is -2.27. The molecular formula is C15H26N2S. The van der Waals surface area contributed by atoms with Crippen LogP contribution in [0.25, 0.3) is 0 Å². The fraction of sp³-hybridized carbons (Fsp3) is 0.733. The van der Waals surface area contributed by atoms with Crippen molar-refractivity contribution in [3.05, 3.63) is 21.9 Å². The van der Waals surface area contributed by atoms with E-state index >= 15 is 0 Å². The largest absolute Gasteiger partial charge is 0.312 e. The zero-order valence-corrected chi connectivity index (χ0v) is 12.7. The van der Waals surface area contributed by atoms with Gasteiger partial charge in [-0.1, -0.05) is 20.3 Å². The van der Waals surface area contributed by atoms with Crippen LogP contribution < -0.4 is 5.32 Å². The van der Waals surface area contributed by atoms with Crippen molar-refractivity contribution in [1.82, 2.24) is 10.2 Å². The predicted molar refractivity (Wildman–Crippen MR) is 80.2 cm³/mol. The normalized spacial score (nSPS) is 23.8. The van der Waals surface area contributed by atoms with Crippen molar-refractivity contribution in [1.29, 1.82) is 0 Å². The first kappa shape index (κ1) is 14.0. The minimum absolute atomic E-state index is 0.665. The van der Waals surface area contributed by atoms with E-state index in [-0.39, 0.29) is 0 Å². The van der Waals surface area contributed by atoms with E-state index in [2.05, 4.69) is 42.4 Å². The highest BCUT2D eigenvalue weighted by molar-refractivity contribution is 7.10. The van der Waals surface area contributed by atoms with Crippen LogP contribution in [0.2, 0.25) is 0 Å². The second-order valence-corrected chi connectivity index (χ2v) is 6.56. The van der Waals surface area contributed by atoms with Gasteiger partial charge < -0.3 is 5.32 Å². The Bertz CT molecular complexity index is 361. The number of hydrogen-bond acceptors (Lipinski definition) is 3. The van der Waals surface area contributed by atoms with Crippen LogP contribution in [0.3, 0.4) is 0 Å². The van der Waals surface area contributed by atoms with E-state index in [0.717, 1.165) is 12.5 Å². The molecule has 2 rings (SSSR count). The lowest BCUT2D eigenvalue weighted by molar-refractivity contribution is 0.232. The van der Waals surface area contributed by atoms with Gasteiger partial charge in [0.05, 0.1) is 0 Å². The molecule has 0 spiro atoms. The zero-order valence-electron chi connectivity index (χ0n) is 11.9. The molecule has 0 aromatic carbocycles. The van der Waals surface area contributed by atoms with Gasteiger partial charge in [-0.25, -0.2) is 0 Å². The van der Waals surface area contributed by atoms with Crippen molar-refractivity contribution in [2.45, 2.75) is 46.2 Å². The third kappa shape index (κ3) is 3.56. The molecule has 1 fully saturated rings. The minimum Gasteiger partial charge on any atom is -0.312 e. The van der Waals surface area contributed by atoms with Crippen LogP contribution in [0, 0.1) is 12.8 Å². The second-order valence-electron chi connectivity index (χ2n) is 5.56. The summed E-state index contributed by atoms with van der Waals surface area (Å²) >= 11 is 1.90. The molecule has 0 bridgehead atoms. The van der Waals surface area contributed by atoms with Crippen LogP contribution >= 0.6 is 11.3 Å². The highest BCUT2D eigenvalue weighted by Crippen LogP contribution is 2.20. The first-order valence-electron chi connectivity index (χ1n) is 7.19. The van der Waals surface area contributed by atoms with Crippen molar-refractivity contribution in [2.24, 2.45) is 5.92 Å². The summed E-state index contributed by atoms with van der Waals surface area (Å²) in [5.74, 6) is 0.773. The number of rotatable bonds is 4. The van der Waals surface area contributed by atoms with Gasteiger partial charge in [0.15, 0.2) is 0 Å². The molecule has 2 atom stereocenters. The second kappa shape index (κ2) is 6.69. The molecule has 0 aliphatic carbocycles. The summed E-state index contributed by atoms with van der Waals surface area (Å²) in [4.78, 5) is 4.18. The molecule has 2 nitrogen and oxygen atoms in total. The molecule has 102 valence electrons. The Hall–Kier alpha value is -0.380. The van der Waals surface area contributed by atoms with Gasteiger partial charge in [-0.05, 0) is 49.4 Å².